The molecule has 3 heterocycles. The Morgan fingerprint density at radius 2 is 1.83 bits per heavy atom. The quantitative estimate of drug-likeness (QED) is 0.278. The van der Waals surface area contributed by atoms with Crippen LogP contribution in [0.4, 0.5) is 0 Å². The van der Waals surface area contributed by atoms with E-state index in [1.54, 1.807) is 19.0 Å². The molecule has 2 unspecified atom stereocenters. The zero-order valence-corrected chi connectivity index (χ0v) is 21.7. The number of hydrogen-bond acceptors (Lipinski definition) is 12. The van der Waals surface area contributed by atoms with E-state index in [-0.39, 0.29) is 24.2 Å². The largest absolute Gasteiger partial charge is 0.483 e. The number of aromatic amines is 1. The fraction of sp³-hybridized carbons (Fsp3) is 0.722. The van der Waals surface area contributed by atoms with Crippen LogP contribution < -0.4 is 11.2 Å². The van der Waals surface area contributed by atoms with Crippen LogP contribution in [0.1, 0.15) is 31.6 Å². The summed E-state index contributed by atoms with van der Waals surface area (Å²) in [5.74, 6) is -0.266. The molecule has 36 heavy (non-hydrogen) atoms. The second kappa shape index (κ2) is 11.1. The monoisotopic (exact) mass is 557 g/mol. The number of ether oxygens (including phenoxy) is 2. The fourth-order valence-electron chi connectivity index (χ4n) is 3.78. The maximum atomic E-state index is 12.3. The number of likely N-dealkylation sites (N-methyl/N-ethyl adjacent to an activating group) is 1. The van der Waals surface area contributed by atoms with E-state index in [4.69, 9.17) is 18.5 Å². The van der Waals surface area contributed by atoms with Gasteiger partial charge in [-0.05, 0) is 27.9 Å². The summed E-state index contributed by atoms with van der Waals surface area (Å²) in [7, 11) is -7.18. The topological polar surface area (TPSA) is 216 Å². The van der Waals surface area contributed by atoms with Crippen LogP contribution >= 0.6 is 15.6 Å². The lowest BCUT2D eigenvalue weighted by Crippen LogP contribution is -2.50. The van der Waals surface area contributed by atoms with Crippen LogP contribution in [0.2, 0.25) is 0 Å². The van der Waals surface area contributed by atoms with Gasteiger partial charge in [0.05, 0.1) is 18.8 Å². The Balaban J connectivity index is 1.58. The molecule has 0 bridgehead atoms. The van der Waals surface area contributed by atoms with E-state index in [1.165, 1.54) is 20.0 Å². The first-order valence-corrected chi connectivity index (χ1v) is 13.8. The molecule has 1 aromatic rings. The van der Waals surface area contributed by atoms with Crippen LogP contribution in [0.25, 0.3) is 0 Å². The Kier molecular flexibility index (Phi) is 8.91. The van der Waals surface area contributed by atoms with Crippen molar-refractivity contribution >= 4 is 21.4 Å². The van der Waals surface area contributed by atoms with Crippen LogP contribution in [0.15, 0.2) is 15.8 Å². The fourth-order valence-corrected chi connectivity index (χ4v) is 5.93. The molecule has 2 fully saturated rings. The van der Waals surface area contributed by atoms with Gasteiger partial charge in [-0.3, -0.25) is 33.1 Å². The number of rotatable bonds is 9. The zero-order chi connectivity index (χ0) is 27.0. The van der Waals surface area contributed by atoms with Crippen molar-refractivity contribution in [3.05, 3.63) is 32.6 Å². The summed E-state index contributed by atoms with van der Waals surface area (Å²) in [5, 5.41) is 10.2. The molecular formula is C18H29N3O13P2. The number of H-pyrrole nitrogens is 1. The summed E-state index contributed by atoms with van der Waals surface area (Å²) in [4.78, 5) is 59.3. The lowest BCUT2D eigenvalue weighted by atomic mass is 10.0. The zero-order valence-electron chi connectivity index (χ0n) is 19.9. The first-order valence-electron chi connectivity index (χ1n) is 10.8. The summed E-state index contributed by atoms with van der Waals surface area (Å²) in [5.41, 5.74) is -1.14. The molecule has 3 rings (SSSR count). The van der Waals surface area contributed by atoms with Gasteiger partial charge in [0, 0.05) is 24.6 Å². The van der Waals surface area contributed by atoms with E-state index in [1.807, 2.05) is 0 Å². The van der Waals surface area contributed by atoms with Crippen molar-refractivity contribution in [3.8, 4) is 0 Å². The maximum Gasteiger partial charge on any atom is 0.483 e. The average Bonchev–Trinajstić information content (AvgIpc) is 3.10. The van der Waals surface area contributed by atoms with Gasteiger partial charge in [0.2, 0.25) is 0 Å². The molecule has 18 heteroatoms. The highest BCUT2D eigenvalue weighted by molar-refractivity contribution is 7.61. The van der Waals surface area contributed by atoms with Gasteiger partial charge in [-0.2, -0.15) is 4.31 Å². The van der Waals surface area contributed by atoms with E-state index in [2.05, 4.69) is 9.29 Å². The second-order valence-corrected chi connectivity index (χ2v) is 11.7. The number of aryl methyl sites for hydroxylation is 1. The number of nitrogens with one attached hydrogen (secondary N) is 1. The number of carbonyl (C=O) groups excluding carboxylic acids is 1. The van der Waals surface area contributed by atoms with E-state index in [0.29, 0.717) is 0 Å². The number of Topliss-reactive ketones (excluding diaryl/α,β-unsaturated/α-hetero) is 1. The van der Waals surface area contributed by atoms with Crippen molar-refractivity contribution in [2.75, 3.05) is 20.7 Å². The molecular weight excluding hydrogens is 528 g/mol. The number of aliphatic hydroxyl groups excluding tert-OH is 1. The molecule has 2 aliphatic heterocycles. The molecule has 4 N–H and O–H groups in total. The molecule has 204 valence electrons. The second-order valence-electron chi connectivity index (χ2n) is 8.66. The average molecular weight is 557 g/mol. The molecule has 2 saturated heterocycles. The van der Waals surface area contributed by atoms with Crippen molar-refractivity contribution in [1.29, 1.82) is 0 Å². The minimum Gasteiger partial charge on any atom is -0.390 e. The molecule has 1 aromatic heterocycles. The summed E-state index contributed by atoms with van der Waals surface area (Å²) in [6.07, 6.45) is -4.82. The van der Waals surface area contributed by atoms with Crippen molar-refractivity contribution in [3.63, 3.8) is 0 Å². The number of nitrogens with zero attached hydrogens (tertiary/aromatic N) is 2. The number of aliphatic hydroxyl groups is 1. The molecule has 16 nitrogen and oxygen atoms in total. The third-order valence-corrected chi connectivity index (χ3v) is 8.27. The van der Waals surface area contributed by atoms with Crippen molar-refractivity contribution in [1.82, 2.24) is 14.5 Å². The lowest BCUT2D eigenvalue weighted by Gasteiger charge is -2.35. The predicted octanol–water partition coefficient (Wildman–Crippen LogP) is -0.622. The summed E-state index contributed by atoms with van der Waals surface area (Å²) in [6.45, 7) is 2.14. The number of hydrogen-bond donors (Lipinski definition) is 4. The Hall–Kier alpha value is -1.55. The first kappa shape index (κ1) is 29.0. The summed E-state index contributed by atoms with van der Waals surface area (Å²) >= 11 is 0. The highest BCUT2D eigenvalue weighted by atomic mass is 31.3. The smallest absolute Gasteiger partial charge is 0.390 e. The minimum atomic E-state index is -5.22. The normalized spacial score (nSPS) is 32.4. The Morgan fingerprint density at radius 1 is 1.17 bits per heavy atom. The summed E-state index contributed by atoms with van der Waals surface area (Å²) in [6, 6.07) is -0.677. The van der Waals surface area contributed by atoms with E-state index in [0.717, 1.165) is 4.57 Å². The standard InChI is InChI=1S/C18H29N3O13P2/c1-9-7-21(18(25)19-17(9)24)14-6-12(22)13(32-14)8-30-35(26,27)34-36(28,29)33-15-5-11(20(3)4)16(23)10(2)31-15/h7,10-15,22H,5-6,8H2,1-4H3,(H,26,27)(H,28,29)(H,19,24,25)/t10-,11-,12+,13-,14-,15-/m1/s1. The minimum absolute atomic E-state index is 0.111. The van der Waals surface area contributed by atoms with Crippen molar-refractivity contribution in [2.45, 2.75) is 63.6 Å². The summed E-state index contributed by atoms with van der Waals surface area (Å²) < 4.78 is 50.2. The number of carbonyl (C=O) groups is 1. The third kappa shape index (κ3) is 7.05. The van der Waals surface area contributed by atoms with Crippen molar-refractivity contribution < 1.29 is 51.6 Å². The molecule has 0 amide bonds. The predicted molar refractivity (Wildman–Crippen MR) is 120 cm³/mol. The molecule has 8 atom stereocenters. The van der Waals surface area contributed by atoms with Crippen molar-refractivity contribution in [2.24, 2.45) is 0 Å². The number of ketones is 1. The van der Waals surface area contributed by atoms with Gasteiger partial charge in [-0.15, -0.1) is 0 Å². The Bertz CT molecular complexity index is 1180. The van der Waals surface area contributed by atoms with E-state index < -0.39 is 70.4 Å². The molecule has 0 saturated carbocycles. The first-order chi connectivity index (χ1) is 16.6. The Morgan fingerprint density at radius 3 is 2.47 bits per heavy atom. The molecule has 2 aliphatic rings. The van der Waals surface area contributed by atoms with Gasteiger partial charge in [0.15, 0.2) is 12.1 Å². The van der Waals surface area contributed by atoms with Gasteiger partial charge in [0.1, 0.15) is 18.4 Å². The van der Waals surface area contributed by atoms with Gasteiger partial charge in [-0.1, -0.05) is 0 Å². The van der Waals surface area contributed by atoms with Gasteiger partial charge in [-0.25, -0.2) is 13.9 Å². The Labute approximate surface area is 204 Å². The number of phosphoric acid groups is 2. The molecule has 0 radical (unpaired) electrons. The highest BCUT2D eigenvalue weighted by Gasteiger charge is 2.44. The third-order valence-electron chi connectivity index (χ3n) is 5.64. The van der Waals surface area contributed by atoms with E-state index in [9.17, 15) is 38.4 Å². The van der Waals surface area contributed by atoms with Crippen LogP contribution in [-0.4, -0.2) is 86.5 Å². The molecule has 0 spiro atoms. The number of phosphoric ester groups is 2. The van der Waals surface area contributed by atoms with Crippen LogP contribution in [0.3, 0.4) is 0 Å². The van der Waals surface area contributed by atoms with Gasteiger partial charge >= 0.3 is 21.3 Å². The molecule has 0 aliphatic carbocycles. The van der Waals surface area contributed by atoms with E-state index >= 15 is 0 Å². The maximum absolute atomic E-state index is 12.3. The van der Waals surface area contributed by atoms with Crippen LogP contribution in [0, 0.1) is 6.92 Å². The van der Waals surface area contributed by atoms with Crippen LogP contribution in [-0.2, 0) is 36.8 Å². The SMILES string of the molecule is Cc1cn([C@H]2C[C@H](O)[C@@H](COP(=O)(O)OP(=O)(O)O[C@@H]3C[C@@H](N(C)C)C(=O)[C@@H](C)O3)O2)c(=O)[nH]c1=O. The van der Waals surface area contributed by atoms with Gasteiger partial charge < -0.3 is 24.4 Å². The lowest BCUT2D eigenvalue weighted by molar-refractivity contribution is -0.178. The van der Waals surface area contributed by atoms with Gasteiger partial charge in [0.25, 0.3) is 5.56 Å². The van der Waals surface area contributed by atoms with Crippen LogP contribution in [0.5, 0.6) is 0 Å². The highest BCUT2D eigenvalue weighted by Crippen LogP contribution is 2.61. The molecule has 0 aromatic carbocycles. The number of aromatic nitrogens is 2.